The first-order valence-electron chi connectivity index (χ1n) is 6.92. The Labute approximate surface area is 105 Å². The molecule has 0 atom stereocenters. The van der Waals surface area contributed by atoms with Gasteiger partial charge in [-0.15, -0.1) is 0 Å². The van der Waals surface area contributed by atoms with Crippen LogP contribution in [0.4, 0.5) is 0 Å². The van der Waals surface area contributed by atoms with Gasteiger partial charge in [0.2, 0.25) is 0 Å². The van der Waals surface area contributed by atoms with Gasteiger partial charge in [-0.3, -0.25) is 4.90 Å². The van der Waals surface area contributed by atoms with Crippen molar-refractivity contribution in [1.82, 2.24) is 10.2 Å². The molecular formula is C15H24N2. The first kappa shape index (κ1) is 12.6. The fourth-order valence-corrected chi connectivity index (χ4v) is 2.43. The molecule has 1 aromatic rings. The van der Waals surface area contributed by atoms with Crippen LogP contribution in [-0.4, -0.2) is 31.1 Å². The summed E-state index contributed by atoms with van der Waals surface area (Å²) in [6, 6.07) is 10.8. The third kappa shape index (κ3) is 4.88. The highest BCUT2D eigenvalue weighted by molar-refractivity contribution is 5.14. The number of hydrogen-bond acceptors (Lipinski definition) is 2. The van der Waals surface area contributed by atoms with Crippen LogP contribution in [-0.2, 0) is 6.54 Å². The van der Waals surface area contributed by atoms with E-state index in [0.29, 0.717) is 0 Å². The Morgan fingerprint density at radius 1 is 0.882 bits per heavy atom. The van der Waals surface area contributed by atoms with Gasteiger partial charge in [0.05, 0.1) is 0 Å². The smallest absolute Gasteiger partial charge is 0.0233 e. The summed E-state index contributed by atoms with van der Waals surface area (Å²) in [7, 11) is 0. The molecule has 1 N–H and O–H groups in total. The monoisotopic (exact) mass is 232 g/mol. The van der Waals surface area contributed by atoms with Crippen molar-refractivity contribution in [3.63, 3.8) is 0 Å². The average molecular weight is 232 g/mol. The van der Waals surface area contributed by atoms with Crippen LogP contribution in [0.15, 0.2) is 30.3 Å². The van der Waals surface area contributed by atoms with Gasteiger partial charge in [0.1, 0.15) is 0 Å². The Kier molecular flexibility index (Phi) is 5.53. The van der Waals surface area contributed by atoms with E-state index < -0.39 is 0 Å². The molecule has 17 heavy (non-hydrogen) atoms. The van der Waals surface area contributed by atoms with Crippen molar-refractivity contribution in [3.8, 4) is 0 Å². The maximum atomic E-state index is 3.51. The first-order valence-corrected chi connectivity index (χ1v) is 6.92. The second-order valence-corrected chi connectivity index (χ2v) is 4.93. The van der Waals surface area contributed by atoms with Gasteiger partial charge in [-0.25, -0.2) is 0 Å². The lowest BCUT2D eigenvalue weighted by Gasteiger charge is -2.23. The Balaban J connectivity index is 1.83. The third-order valence-electron chi connectivity index (χ3n) is 3.40. The number of hydrogen-bond donors (Lipinski definition) is 1. The molecule has 1 heterocycles. The van der Waals surface area contributed by atoms with Crippen LogP contribution in [0.5, 0.6) is 0 Å². The van der Waals surface area contributed by atoms with Crippen LogP contribution in [0.3, 0.4) is 0 Å². The molecule has 0 bridgehead atoms. The minimum absolute atomic E-state index is 1.11. The maximum Gasteiger partial charge on any atom is 0.0233 e. The molecule has 1 aliphatic heterocycles. The van der Waals surface area contributed by atoms with Crippen molar-refractivity contribution < 1.29 is 0 Å². The van der Waals surface area contributed by atoms with Crippen molar-refractivity contribution in [3.05, 3.63) is 35.9 Å². The second-order valence-electron chi connectivity index (χ2n) is 4.93. The van der Waals surface area contributed by atoms with Crippen molar-refractivity contribution in [1.29, 1.82) is 0 Å². The van der Waals surface area contributed by atoms with E-state index in [9.17, 15) is 0 Å². The molecule has 0 amide bonds. The summed E-state index contributed by atoms with van der Waals surface area (Å²) >= 11 is 0. The van der Waals surface area contributed by atoms with Gasteiger partial charge < -0.3 is 5.32 Å². The molecule has 2 rings (SSSR count). The molecule has 2 heteroatoms. The van der Waals surface area contributed by atoms with Crippen LogP contribution in [0.1, 0.15) is 31.2 Å². The van der Waals surface area contributed by atoms with Gasteiger partial charge in [-0.2, -0.15) is 0 Å². The van der Waals surface area contributed by atoms with Crippen molar-refractivity contribution >= 4 is 0 Å². The van der Waals surface area contributed by atoms with Gasteiger partial charge in [0.15, 0.2) is 0 Å². The van der Waals surface area contributed by atoms with E-state index in [0.717, 1.165) is 6.54 Å². The van der Waals surface area contributed by atoms with Crippen LogP contribution < -0.4 is 5.32 Å². The van der Waals surface area contributed by atoms with E-state index in [1.807, 2.05) is 0 Å². The second kappa shape index (κ2) is 7.46. The first-order chi connectivity index (χ1) is 8.45. The van der Waals surface area contributed by atoms with Crippen LogP contribution in [0.2, 0.25) is 0 Å². The highest BCUT2D eigenvalue weighted by atomic mass is 15.1. The minimum atomic E-state index is 1.11. The molecule has 2 nitrogen and oxygen atoms in total. The number of benzene rings is 1. The van der Waals surface area contributed by atoms with E-state index in [1.165, 1.54) is 57.4 Å². The number of nitrogens with zero attached hydrogens (tertiary/aromatic N) is 1. The average Bonchev–Trinajstić information content (AvgIpc) is 2.38. The van der Waals surface area contributed by atoms with E-state index in [1.54, 1.807) is 0 Å². The molecule has 0 radical (unpaired) electrons. The van der Waals surface area contributed by atoms with Gasteiger partial charge in [-0.05, 0) is 51.0 Å². The predicted octanol–water partition coefficient (Wildman–Crippen LogP) is 2.65. The van der Waals surface area contributed by atoms with Crippen LogP contribution in [0, 0.1) is 0 Å². The van der Waals surface area contributed by atoms with Crippen LogP contribution in [0.25, 0.3) is 0 Å². The molecule has 0 aromatic heterocycles. The summed E-state index contributed by atoms with van der Waals surface area (Å²) in [5.74, 6) is 0. The topological polar surface area (TPSA) is 15.3 Å². The highest BCUT2D eigenvalue weighted by Crippen LogP contribution is 2.08. The predicted molar refractivity (Wildman–Crippen MR) is 73.1 cm³/mol. The largest absolute Gasteiger partial charge is 0.317 e. The fraction of sp³-hybridized carbons (Fsp3) is 0.600. The lowest BCUT2D eigenvalue weighted by Crippen LogP contribution is -2.30. The van der Waals surface area contributed by atoms with E-state index >= 15 is 0 Å². The molecule has 94 valence electrons. The van der Waals surface area contributed by atoms with Crippen LogP contribution >= 0.6 is 0 Å². The van der Waals surface area contributed by atoms with Gasteiger partial charge >= 0.3 is 0 Å². The Morgan fingerprint density at radius 3 is 2.53 bits per heavy atom. The molecule has 0 unspecified atom stereocenters. The summed E-state index contributed by atoms with van der Waals surface area (Å²) in [5.41, 5.74) is 1.44. The summed E-state index contributed by atoms with van der Waals surface area (Å²) < 4.78 is 0. The molecule has 1 saturated heterocycles. The zero-order valence-electron chi connectivity index (χ0n) is 10.7. The molecule has 0 aliphatic carbocycles. The summed E-state index contributed by atoms with van der Waals surface area (Å²) in [5, 5.41) is 3.51. The molecule has 0 spiro atoms. The zero-order chi connectivity index (χ0) is 11.8. The van der Waals surface area contributed by atoms with Crippen molar-refractivity contribution in [2.45, 2.75) is 32.2 Å². The minimum Gasteiger partial charge on any atom is -0.317 e. The lowest BCUT2D eigenvalue weighted by atomic mass is 10.1. The van der Waals surface area contributed by atoms with Gasteiger partial charge in [0, 0.05) is 6.54 Å². The number of nitrogens with one attached hydrogen (secondary N) is 1. The summed E-state index contributed by atoms with van der Waals surface area (Å²) in [6.07, 6.45) is 5.30. The quantitative estimate of drug-likeness (QED) is 0.843. The highest BCUT2D eigenvalue weighted by Gasteiger charge is 2.06. The van der Waals surface area contributed by atoms with Gasteiger partial charge in [0.25, 0.3) is 0 Å². The molecular weight excluding hydrogens is 208 g/mol. The summed E-state index contributed by atoms with van der Waals surface area (Å²) in [4.78, 5) is 2.60. The lowest BCUT2D eigenvalue weighted by molar-refractivity contribution is 0.250. The Hall–Kier alpha value is -0.860. The molecule has 1 aliphatic rings. The van der Waals surface area contributed by atoms with Gasteiger partial charge in [-0.1, -0.05) is 36.8 Å². The fourth-order valence-electron chi connectivity index (χ4n) is 2.43. The normalized spacial score (nSPS) is 20.0. The maximum absolute atomic E-state index is 3.51. The zero-order valence-corrected chi connectivity index (χ0v) is 10.7. The van der Waals surface area contributed by atoms with E-state index in [-0.39, 0.29) is 0 Å². The van der Waals surface area contributed by atoms with Crippen molar-refractivity contribution in [2.24, 2.45) is 0 Å². The Bertz CT molecular complexity index is 287. The Morgan fingerprint density at radius 2 is 1.65 bits per heavy atom. The van der Waals surface area contributed by atoms with Crippen molar-refractivity contribution in [2.75, 3.05) is 26.2 Å². The third-order valence-corrected chi connectivity index (χ3v) is 3.40. The molecule has 1 aromatic carbocycles. The summed E-state index contributed by atoms with van der Waals surface area (Å²) in [6.45, 7) is 5.97. The number of rotatable bonds is 2. The molecule has 1 fully saturated rings. The SMILES string of the molecule is c1ccc(CN2CCCCCNCCC2)cc1. The van der Waals surface area contributed by atoms with E-state index in [4.69, 9.17) is 0 Å². The van der Waals surface area contributed by atoms with E-state index in [2.05, 4.69) is 40.5 Å². The molecule has 0 saturated carbocycles. The standard InChI is InChI=1S/C15H24N2/c1-3-8-15(9-4-1)14-17-12-6-2-5-10-16-11-7-13-17/h1,3-4,8-9,16H,2,5-7,10-14H2.